The van der Waals surface area contributed by atoms with Crippen LogP contribution in [0.1, 0.15) is 12.8 Å². The van der Waals surface area contributed by atoms with Gasteiger partial charge < -0.3 is 9.88 Å². The van der Waals surface area contributed by atoms with Gasteiger partial charge in [-0.2, -0.15) is 5.10 Å². The molecule has 1 fully saturated rings. The Labute approximate surface area is 127 Å². The summed E-state index contributed by atoms with van der Waals surface area (Å²) in [6, 6.07) is 8.02. The van der Waals surface area contributed by atoms with Gasteiger partial charge in [0.25, 0.3) is 0 Å². The third-order valence-corrected chi connectivity index (χ3v) is 3.93. The van der Waals surface area contributed by atoms with Crippen LogP contribution in [0.5, 0.6) is 0 Å². The minimum atomic E-state index is -0.0974. The molecule has 0 bridgehead atoms. The highest BCUT2D eigenvalue weighted by Gasteiger charge is 2.23. The molecule has 1 aliphatic rings. The van der Waals surface area contributed by atoms with E-state index in [9.17, 15) is 4.79 Å². The molecule has 0 radical (unpaired) electrons. The maximum atomic E-state index is 12.2. The average Bonchev–Trinajstić information content (AvgIpc) is 3.07. The van der Waals surface area contributed by atoms with Crippen molar-refractivity contribution in [1.82, 2.24) is 19.3 Å². The van der Waals surface area contributed by atoms with E-state index in [1.807, 2.05) is 22.9 Å². The normalized spacial score (nSPS) is 14.4. The van der Waals surface area contributed by atoms with Crippen LogP contribution in [0.15, 0.2) is 43.0 Å². The number of nitrogens with one attached hydrogen (secondary N) is 1. The zero-order valence-electron chi connectivity index (χ0n) is 12.1. The first-order valence-electron chi connectivity index (χ1n) is 7.51. The number of carbonyl (C=O) groups excluding carboxylic acids is 1. The van der Waals surface area contributed by atoms with Crippen LogP contribution in [0.4, 0.5) is 5.82 Å². The average molecular weight is 295 g/mol. The van der Waals surface area contributed by atoms with Crippen LogP contribution in [0.25, 0.3) is 10.9 Å². The molecule has 0 aliphatic heterocycles. The second-order valence-corrected chi connectivity index (χ2v) is 5.77. The molecule has 6 heteroatoms. The number of fused-ring (bicyclic) bond motifs is 1. The van der Waals surface area contributed by atoms with Crippen molar-refractivity contribution >= 4 is 22.6 Å². The Balaban J connectivity index is 1.59. The molecule has 22 heavy (non-hydrogen) atoms. The van der Waals surface area contributed by atoms with Gasteiger partial charge >= 0.3 is 0 Å². The molecule has 2 aromatic heterocycles. The van der Waals surface area contributed by atoms with Gasteiger partial charge in [0.15, 0.2) is 5.82 Å². The minimum absolute atomic E-state index is 0.0974. The smallest absolute Gasteiger partial charge is 0.245 e. The first-order chi connectivity index (χ1) is 10.8. The number of imidazole rings is 1. The SMILES string of the molecule is O=C(Cn1ccnc1)Nc1nn(CC2CC2)c2ccccc12. The molecule has 0 spiro atoms. The first kappa shape index (κ1) is 13.1. The number of amides is 1. The van der Waals surface area contributed by atoms with Gasteiger partial charge in [0, 0.05) is 24.3 Å². The quantitative estimate of drug-likeness (QED) is 0.785. The first-order valence-corrected chi connectivity index (χ1v) is 7.51. The van der Waals surface area contributed by atoms with E-state index in [0.29, 0.717) is 5.82 Å². The molecule has 4 rings (SSSR count). The van der Waals surface area contributed by atoms with E-state index in [4.69, 9.17) is 0 Å². The molecule has 1 N–H and O–H groups in total. The Morgan fingerprint density at radius 1 is 1.32 bits per heavy atom. The summed E-state index contributed by atoms with van der Waals surface area (Å²) in [6.07, 6.45) is 7.60. The third kappa shape index (κ3) is 2.59. The molecule has 1 saturated carbocycles. The van der Waals surface area contributed by atoms with Crippen LogP contribution >= 0.6 is 0 Å². The van der Waals surface area contributed by atoms with E-state index in [-0.39, 0.29) is 12.5 Å². The molecular formula is C16H17N5O. The number of hydrogen-bond acceptors (Lipinski definition) is 3. The second kappa shape index (κ2) is 5.29. The lowest BCUT2D eigenvalue weighted by atomic mass is 10.2. The second-order valence-electron chi connectivity index (χ2n) is 5.77. The van der Waals surface area contributed by atoms with Crippen LogP contribution < -0.4 is 5.32 Å². The lowest BCUT2D eigenvalue weighted by Gasteiger charge is -2.03. The van der Waals surface area contributed by atoms with Crippen LogP contribution in [0, 0.1) is 5.92 Å². The lowest BCUT2D eigenvalue weighted by molar-refractivity contribution is -0.116. The molecule has 3 aromatic rings. The zero-order chi connectivity index (χ0) is 14.9. The van der Waals surface area contributed by atoms with E-state index in [0.717, 1.165) is 23.4 Å². The van der Waals surface area contributed by atoms with E-state index >= 15 is 0 Å². The molecule has 112 valence electrons. The van der Waals surface area contributed by atoms with Crippen molar-refractivity contribution < 1.29 is 4.79 Å². The minimum Gasteiger partial charge on any atom is -0.328 e. The van der Waals surface area contributed by atoms with Crippen molar-refractivity contribution in [2.24, 2.45) is 5.92 Å². The van der Waals surface area contributed by atoms with Gasteiger partial charge in [-0.15, -0.1) is 0 Å². The van der Waals surface area contributed by atoms with Gasteiger partial charge in [-0.25, -0.2) is 4.98 Å². The monoisotopic (exact) mass is 295 g/mol. The van der Waals surface area contributed by atoms with Crippen LogP contribution in [-0.2, 0) is 17.9 Å². The van der Waals surface area contributed by atoms with Gasteiger partial charge in [0.05, 0.1) is 11.8 Å². The standard InChI is InChI=1S/C16H17N5O/c22-15(10-20-8-7-17-11-20)18-16-13-3-1-2-4-14(13)21(19-16)9-12-5-6-12/h1-4,7-8,11-12H,5-6,9-10H2,(H,18,19,22). The van der Waals surface area contributed by atoms with Crippen molar-refractivity contribution in [1.29, 1.82) is 0 Å². The van der Waals surface area contributed by atoms with Crippen LogP contribution in [-0.4, -0.2) is 25.2 Å². The number of nitrogens with zero attached hydrogens (tertiary/aromatic N) is 4. The third-order valence-electron chi connectivity index (χ3n) is 3.93. The Kier molecular flexibility index (Phi) is 3.14. The Bertz CT molecular complexity index is 801. The molecule has 0 saturated heterocycles. The number of anilines is 1. The van der Waals surface area contributed by atoms with E-state index < -0.39 is 0 Å². The van der Waals surface area contributed by atoms with Gasteiger partial charge in [0.2, 0.25) is 5.91 Å². The Morgan fingerprint density at radius 3 is 2.95 bits per heavy atom. The molecule has 0 unspecified atom stereocenters. The van der Waals surface area contributed by atoms with Crippen LogP contribution in [0.3, 0.4) is 0 Å². The molecule has 2 heterocycles. The summed E-state index contributed by atoms with van der Waals surface area (Å²) in [5.41, 5.74) is 1.08. The topological polar surface area (TPSA) is 64.7 Å². The number of rotatable bonds is 5. The van der Waals surface area contributed by atoms with Crippen molar-refractivity contribution in [3.8, 4) is 0 Å². The predicted molar refractivity (Wildman–Crippen MR) is 83.3 cm³/mol. The molecular weight excluding hydrogens is 278 g/mol. The highest BCUT2D eigenvalue weighted by atomic mass is 16.2. The number of hydrogen-bond donors (Lipinski definition) is 1. The highest BCUT2D eigenvalue weighted by Crippen LogP contribution is 2.32. The summed E-state index contributed by atoms with van der Waals surface area (Å²) in [5, 5.41) is 8.50. The largest absolute Gasteiger partial charge is 0.328 e. The van der Waals surface area contributed by atoms with Crippen molar-refractivity contribution in [3.05, 3.63) is 43.0 Å². The predicted octanol–water partition coefficient (Wildman–Crippen LogP) is 2.28. The Morgan fingerprint density at radius 2 is 2.18 bits per heavy atom. The molecule has 6 nitrogen and oxygen atoms in total. The Hall–Kier alpha value is -2.63. The molecule has 1 aliphatic carbocycles. The zero-order valence-corrected chi connectivity index (χ0v) is 12.1. The summed E-state index contributed by atoms with van der Waals surface area (Å²) in [6.45, 7) is 1.17. The molecule has 1 aromatic carbocycles. The number of carbonyl (C=O) groups is 1. The number of para-hydroxylation sites is 1. The fourth-order valence-corrected chi connectivity index (χ4v) is 2.62. The number of aromatic nitrogens is 4. The van der Waals surface area contributed by atoms with Crippen molar-refractivity contribution in [2.75, 3.05) is 5.32 Å². The van der Waals surface area contributed by atoms with Gasteiger partial charge in [-0.1, -0.05) is 12.1 Å². The van der Waals surface area contributed by atoms with Gasteiger partial charge in [-0.05, 0) is 30.9 Å². The van der Waals surface area contributed by atoms with Gasteiger partial charge in [-0.3, -0.25) is 9.48 Å². The van der Waals surface area contributed by atoms with E-state index in [1.54, 1.807) is 23.3 Å². The lowest BCUT2D eigenvalue weighted by Crippen LogP contribution is -2.18. The molecule has 0 atom stereocenters. The maximum absolute atomic E-state index is 12.2. The van der Waals surface area contributed by atoms with E-state index in [1.165, 1.54) is 12.8 Å². The number of benzene rings is 1. The fraction of sp³-hybridized carbons (Fsp3) is 0.312. The maximum Gasteiger partial charge on any atom is 0.245 e. The summed E-state index contributed by atoms with van der Waals surface area (Å²) >= 11 is 0. The molecule has 1 amide bonds. The van der Waals surface area contributed by atoms with Crippen molar-refractivity contribution in [3.63, 3.8) is 0 Å². The van der Waals surface area contributed by atoms with Gasteiger partial charge in [0.1, 0.15) is 6.54 Å². The summed E-state index contributed by atoms with van der Waals surface area (Å²) < 4.78 is 3.75. The van der Waals surface area contributed by atoms with E-state index in [2.05, 4.69) is 21.5 Å². The summed E-state index contributed by atoms with van der Waals surface area (Å²) in [7, 11) is 0. The fourth-order valence-electron chi connectivity index (χ4n) is 2.62. The van der Waals surface area contributed by atoms with Crippen molar-refractivity contribution in [2.45, 2.75) is 25.9 Å². The summed E-state index contributed by atoms with van der Waals surface area (Å²) in [4.78, 5) is 16.1. The highest BCUT2D eigenvalue weighted by molar-refractivity contribution is 5.99. The summed E-state index contributed by atoms with van der Waals surface area (Å²) in [5.74, 6) is 1.28. The van der Waals surface area contributed by atoms with Crippen LogP contribution in [0.2, 0.25) is 0 Å².